The van der Waals surface area contributed by atoms with Crippen LogP contribution >= 0.6 is 0 Å². The van der Waals surface area contributed by atoms with Crippen molar-refractivity contribution in [1.82, 2.24) is 15.6 Å². The molecule has 2 aromatic rings. The second-order valence-corrected chi connectivity index (χ2v) is 5.04. The minimum atomic E-state index is -0.332. The number of nitrogens with one attached hydrogen (secondary N) is 3. The number of benzene rings is 1. The van der Waals surface area contributed by atoms with Gasteiger partial charge in [-0.3, -0.25) is 9.78 Å². The number of aromatic nitrogens is 1. The Hall–Kier alpha value is -2.89. The molecule has 6 heteroatoms. The van der Waals surface area contributed by atoms with Gasteiger partial charge in [-0.15, -0.1) is 0 Å². The summed E-state index contributed by atoms with van der Waals surface area (Å²) < 4.78 is 0. The predicted octanol–water partition coefficient (Wildman–Crippen LogP) is 2.47. The molecule has 3 amide bonds. The van der Waals surface area contributed by atoms with Crippen LogP contribution in [-0.4, -0.2) is 23.5 Å². The SMILES string of the molecule is CC(NC(=O)CCNC(=O)Nc1ccccc1)c1ccccn1. The third-order valence-corrected chi connectivity index (χ3v) is 3.18. The third-order valence-electron chi connectivity index (χ3n) is 3.18. The summed E-state index contributed by atoms with van der Waals surface area (Å²) >= 11 is 0. The van der Waals surface area contributed by atoms with E-state index in [0.29, 0.717) is 5.69 Å². The van der Waals surface area contributed by atoms with Crippen molar-refractivity contribution in [2.75, 3.05) is 11.9 Å². The van der Waals surface area contributed by atoms with Gasteiger partial charge in [-0.05, 0) is 31.2 Å². The highest BCUT2D eigenvalue weighted by Gasteiger charge is 2.10. The van der Waals surface area contributed by atoms with Crippen molar-refractivity contribution in [1.29, 1.82) is 0 Å². The van der Waals surface area contributed by atoms with Gasteiger partial charge in [0.2, 0.25) is 5.91 Å². The van der Waals surface area contributed by atoms with E-state index < -0.39 is 0 Å². The first-order valence-corrected chi connectivity index (χ1v) is 7.45. The number of hydrogen-bond acceptors (Lipinski definition) is 3. The molecule has 23 heavy (non-hydrogen) atoms. The summed E-state index contributed by atoms with van der Waals surface area (Å²) in [7, 11) is 0. The van der Waals surface area contributed by atoms with Crippen LogP contribution < -0.4 is 16.0 Å². The number of anilines is 1. The Bertz CT molecular complexity index is 632. The van der Waals surface area contributed by atoms with E-state index in [1.807, 2.05) is 43.3 Å². The first-order valence-electron chi connectivity index (χ1n) is 7.45. The zero-order valence-electron chi connectivity index (χ0n) is 13.0. The zero-order valence-corrected chi connectivity index (χ0v) is 13.0. The largest absolute Gasteiger partial charge is 0.348 e. The molecule has 0 aliphatic rings. The number of carbonyl (C=O) groups is 2. The maximum atomic E-state index is 11.9. The highest BCUT2D eigenvalue weighted by Crippen LogP contribution is 2.07. The van der Waals surface area contributed by atoms with Crippen molar-refractivity contribution in [3.63, 3.8) is 0 Å². The molecule has 0 aliphatic heterocycles. The van der Waals surface area contributed by atoms with Crippen LogP contribution in [0.25, 0.3) is 0 Å². The molecular formula is C17H20N4O2. The van der Waals surface area contributed by atoms with E-state index in [1.165, 1.54) is 0 Å². The van der Waals surface area contributed by atoms with Crippen LogP contribution in [0.4, 0.5) is 10.5 Å². The van der Waals surface area contributed by atoms with E-state index in [1.54, 1.807) is 18.3 Å². The molecule has 1 aromatic carbocycles. The molecule has 120 valence electrons. The predicted molar refractivity (Wildman–Crippen MR) is 88.9 cm³/mol. The van der Waals surface area contributed by atoms with Crippen LogP contribution in [0.1, 0.15) is 25.1 Å². The summed E-state index contributed by atoms with van der Waals surface area (Å²) in [6, 6.07) is 14.2. The van der Waals surface area contributed by atoms with E-state index >= 15 is 0 Å². The lowest BCUT2D eigenvalue weighted by Gasteiger charge is -2.13. The number of para-hydroxylation sites is 1. The zero-order chi connectivity index (χ0) is 16.5. The lowest BCUT2D eigenvalue weighted by Crippen LogP contribution is -2.34. The Morgan fingerprint density at radius 2 is 1.83 bits per heavy atom. The highest BCUT2D eigenvalue weighted by molar-refractivity contribution is 5.89. The Balaban J connectivity index is 1.67. The van der Waals surface area contributed by atoms with Gasteiger partial charge in [-0.2, -0.15) is 0 Å². The minimum absolute atomic E-state index is 0.136. The van der Waals surface area contributed by atoms with Gasteiger partial charge in [-0.25, -0.2) is 4.79 Å². The molecule has 0 radical (unpaired) electrons. The summed E-state index contributed by atoms with van der Waals surface area (Å²) in [6.45, 7) is 2.13. The second kappa shape index (κ2) is 8.53. The molecular weight excluding hydrogens is 292 g/mol. The van der Waals surface area contributed by atoms with E-state index in [4.69, 9.17) is 0 Å². The van der Waals surface area contributed by atoms with Crippen LogP contribution in [0.15, 0.2) is 54.7 Å². The molecule has 0 bridgehead atoms. The summed E-state index contributed by atoms with van der Waals surface area (Å²) in [5.74, 6) is -0.136. The lowest BCUT2D eigenvalue weighted by molar-refractivity contribution is -0.121. The number of pyridine rings is 1. The van der Waals surface area contributed by atoms with E-state index in [2.05, 4.69) is 20.9 Å². The molecule has 0 spiro atoms. The van der Waals surface area contributed by atoms with Gasteiger partial charge in [0.15, 0.2) is 0 Å². The average molecular weight is 312 g/mol. The van der Waals surface area contributed by atoms with Crippen LogP contribution in [0.5, 0.6) is 0 Å². The quantitative estimate of drug-likeness (QED) is 0.766. The summed E-state index contributed by atoms with van der Waals surface area (Å²) in [6.07, 6.45) is 1.90. The first-order chi connectivity index (χ1) is 11.1. The van der Waals surface area contributed by atoms with Gasteiger partial charge in [-0.1, -0.05) is 24.3 Å². The Kier molecular flexibility index (Phi) is 6.11. The van der Waals surface area contributed by atoms with Gasteiger partial charge in [0.05, 0.1) is 11.7 Å². The van der Waals surface area contributed by atoms with Gasteiger partial charge in [0.25, 0.3) is 0 Å². The van der Waals surface area contributed by atoms with Crippen molar-refractivity contribution < 1.29 is 9.59 Å². The van der Waals surface area contributed by atoms with Crippen molar-refractivity contribution in [2.45, 2.75) is 19.4 Å². The van der Waals surface area contributed by atoms with Crippen molar-refractivity contribution in [3.8, 4) is 0 Å². The van der Waals surface area contributed by atoms with Gasteiger partial charge < -0.3 is 16.0 Å². The van der Waals surface area contributed by atoms with E-state index in [0.717, 1.165) is 5.69 Å². The van der Waals surface area contributed by atoms with Crippen molar-refractivity contribution >= 4 is 17.6 Å². The highest BCUT2D eigenvalue weighted by atomic mass is 16.2. The molecule has 1 heterocycles. The number of carbonyl (C=O) groups excluding carboxylic acids is 2. The maximum absolute atomic E-state index is 11.9. The fourth-order valence-electron chi connectivity index (χ4n) is 2.01. The monoisotopic (exact) mass is 312 g/mol. The Labute approximate surface area is 135 Å². The number of hydrogen-bond donors (Lipinski definition) is 3. The molecule has 0 fully saturated rings. The molecule has 0 saturated heterocycles. The molecule has 1 aromatic heterocycles. The number of nitrogens with zero attached hydrogens (tertiary/aromatic N) is 1. The van der Waals surface area contributed by atoms with Crippen LogP contribution in [0.3, 0.4) is 0 Å². The number of amides is 3. The fraction of sp³-hybridized carbons (Fsp3) is 0.235. The first kappa shape index (κ1) is 16.5. The van der Waals surface area contributed by atoms with Crippen molar-refractivity contribution in [2.24, 2.45) is 0 Å². The second-order valence-electron chi connectivity index (χ2n) is 5.04. The Morgan fingerprint density at radius 3 is 2.52 bits per heavy atom. The fourth-order valence-corrected chi connectivity index (χ4v) is 2.01. The normalized spacial score (nSPS) is 11.3. The minimum Gasteiger partial charge on any atom is -0.348 e. The van der Waals surface area contributed by atoms with Crippen LogP contribution in [-0.2, 0) is 4.79 Å². The molecule has 6 nitrogen and oxygen atoms in total. The molecule has 0 aliphatic carbocycles. The van der Waals surface area contributed by atoms with Crippen LogP contribution in [0.2, 0.25) is 0 Å². The van der Waals surface area contributed by atoms with Crippen molar-refractivity contribution in [3.05, 3.63) is 60.4 Å². The topological polar surface area (TPSA) is 83.1 Å². The third kappa shape index (κ3) is 5.78. The maximum Gasteiger partial charge on any atom is 0.319 e. The van der Waals surface area contributed by atoms with E-state index in [9.17, 15) is 9.59 Å². The number of rotatable bonds is 6. The van der Waals surface area contributed by atoms with E-state index in [-0.39, 0.29) is 30.9 Å². The molecule has 1 atom stereocenters. The number of urea groups is 1. The molecule has 0 saturated carbocycles. The smallest absolute Gasteiger partial charge is 0.319 e. The average Bonchev–Trinajstić information content (AvgIpc) is 2.56. The van der Waals surface area contributed by atoms with Gasteiger partial charge in [0, 0.05) is 24.8 Å². The van der Waals surface area contributed by atoms with Gasteiger partial charge in [0.1, 0.15) is 0 Å². The Morgan fingerprint density at radius 1 is 1.09 bits per heavy atom. The van der Waals surface area contributed by atoms with Gasteiger partial charge >= 0.3 is 6.03 Å². The standard InChI is InChI=1S/C17H20N4O2/c1-13(15-9-5-6-11-18-15)20-16(22)10-12-19-17(23)21-14-7-3-2-4-8-14/h2-9,11,13H,10,12H2,1H3,(H,20,22)(H2,19,21,23). The summed E-state index contributed by atoms with van der Waals surface area (Å²) in [5.41, 5.74) is 1.51. The molecule has 2 rings (SSSR count). The summed E-state index contributed by atoms with van der Waals surface area (Å²) in [4.78, 5) is 27.7. The summed E-state index contributed by atoms with van der Waals surface area (Å²) in [5, 5.41) is 8.19. The van der Waals surface area contributed by atoms with Crippen LogP contribution in [0, 0.1) is 0 Å². The lowest BCUT2D eigenvalue weighted by atomic mass is 10.2. The molecule has 3 N–H and O–H groups in total. The molecule has 1 unspecified atom stereocenters.